The Morgan fingerprint density at radius 1 is 0.712 bits per heavy atom. The number of sulfone groups is 1. The topological polar surface area (TPSA) is 127 Å². The molecule has 3 heterocycles. The van der Waals surface area contributed by atoms with Crippen molar-refractivity contribution in [1.29, 1.82) is 0 Å². The molecule has 2 aliphatic heterocycles. The van der Waals surface area contributed by atoms with Crippen LogP contribution in [0.25, 0.3) is 22.4 Å². The van der Waals surface area contributed by atoms with E-state index in [0.717, 1.165) is 117 Å². The number of hydrogen-bond donors (Lipinski definition) is 2. The van der Waals surface area contributed by atoms with Gasteiger partial charge in [0.1, 0.15) is 0 Å². The molecule has 312 valence electrons. The molecule has 12 nitrogen and oxygen atoms in total. The molecule has 1 aromatic heterocycles. The summed E-state index contributed by atoms with van der Waals surface area (Å²) in [6.45, 7) is 10.8. The number of aromatic nitrogens is 1. The van der Waals surface area contributed by atoms with Gasteiger partial charge in [0, 0.05) is 106 Å². The molecule has 0 aliphatic carbocycles. The summed E-state index contributed by atoms with van der Waals surface area (Å²) in [5.41, 5.74) is 7.75. The van der Waals surface area contributed by atoms with E-state index in [9.17, 15) is 21.6 Å². The van der Waals surface area contributed by atoms with Gasteiger partial charge in [-0.2, -0.15) is 0 Å². The van der Waals surface area contributed by atoms with Crippen molar-refractivity contribution >= 4 is 54.4 Å². The van der Waals surface area contributed by atoms with Gasteiger partial charge < -0.3 is 29.5 Å². The highest BCUT2D eigenvalue weighted by Crippen LogP contribution is 2.40. The fourth-order valence-electron chi connectivity index (χ4n) is 7.88. The summed E-state index contributed by atoms with van der Waals surface area (Å²) in [5.74, 6) is -0.0781. The Bertz CT molecular complexity index is 2510. The molecule has 0 spiro atoms. The first-order valence-corrected chi connectivity index (χ1v) is 23.6. The number of carbonyl (C=O) groups is 1. The number of halogens is 1. The minimum atomic E-state index is -4.00. The second-order valence-corrected chi connectivity index (χ2v) is 19.6. The van der Waals surface area contributed by atoms with Crippen LogP contribution < -0.4 is 19.8 Å². The van der Waals surface area contributed by atoms with Gasteiger partial charge in [0.15, 0.2) is 9.84 Å². The zero-order valence-corrected chi connectivity index (χ0v) is 36.4. The van der Waals surface area contributed by atoms with E-state index >= 15 is 0 Å². The van der Waals surface area contributed by atoms with E-state index < -0.39 is 19.9 Å². The van der Waals surface area contributed by atoms with E-state index in [1.54, 1.807) is 12.1 Å². The van der Waals surface area contributed by atoms with Crippen molar-refractivity contribution in [3.8, 4) is 22.4 Å². The molecule has 5 aromatic rings. The van der Waals surface area contributed by atoms with Crippen molar-refractivity contribution in [2.24, 2.45) is 7.05 Å². The molecular weight excluding hydrogens is 806 g/mol. The molecule has 0 bridgehead atoms. The predicted molar refractivity (Wildman–Crippen MR) is 238 cm³/mol. The van der Waals surface area contributed by atoms with Crippen LogP contribution in [0.2, 0.25) is 5.02 Å². The van der Waals surface area contributed by atoms with Gasteiger partial charge in [-0.1, -0.05) is 41.9 Å². The van der Waals surface area contributed by atoms with Gasteiger partial charge in [-0.15, -0.1) is 0 Å². The van der Waals surface area contributed by atoms with Gasteiger partial charge in [-0.25, -0.2) is 16.8 Å². The molecule has 2 saturated heterocycles. The monoisotopic (exact) mass is 857 g/mol. The zero-order valence-electron chi connectivity index (χ0n) is 34.0. The highest BCUT2D eigenvalue weighted by molar-refractivity contribution is 7.93. The molecule has 1 amide bonds. The summed E-state index contributed by atoms with van der Waals surface area (Å²) in [7, 11) is -3.40. The maximum absolute atomic E-state index is 14.1. The smallest absolute Gasteiger partial charge is 0.261 e. The number of piperazine rings is 2. The van der Waals surface area contributed by atoms with E-state index in [2.05, 4.69) is 65.5 Å². The standard InChI is InChI=1S/C44H52ClN7O5S2/c1-32-41(44(53)46-20-7-21-50-24-22-48(2)23-25-50)42(43(49(32)3)33-12-14-35(45)15-13-33)34-8-5-9-38(30-34)52-28-26-51(27-29-52)37-18-16-36(17-19-37)47-59(56,57)40-11-6-10-39(31-40)58(4,54)55/h5-6,8-19,30-31,47H,7,20-29H2,1-4H3,(H,46,53). The van der Waals surface area contributed by atoms with Gasteiger partial charge in [0.25, 0.3) is 15.9 Å². The molecule has 2 N–H and O–H groups in total. The van der Waals surface area contributed by atoms with Crippen LogP contribution in [-0.2, 0) is 26.9 Å². The SMILES string of the molecule is Cc1c(C(=O)NCCCN2CCN(C)CC2)c(-c2cccc(N3CCN(c4ccc(NS(=O)(=O)c5cccc(S(C)(=O)=O)c5)cc4)CC3)c2)c(-c2ccc(Cl)cc2)n1C. The number of amides is 1. The van der Waals surface area contributed by atoms with Gasteiger partial charge >= 0.3 is 0 Å². The number of nitrogens with zero attached hydrogens (tertiary/aromatic N) is 5. The van der Waals surface area contributed by atoms with E-state index in [0.29, 0.717) is 22.8 Å². The lowest BCUT2D eigenvalue weighted by atomic mass is 9.95. The molecule has 0 atom stereocenters. The first-order valence-electron chi connectivity index (χ1n) is 19.9. The van der Waals surface area contributed by atoms with Crippen molar-refractivity contribution in [3.05, 3.63) is 113 Å². The second-order valence-electron chi connectivity index (χ2n) is 15.4. The van der Waals surface area contributed by atoms with Crippen LogP contribution in [0.5, 0.6) is 0 Å². The highest BCUT2D eigenvalue weighted by Gasteiger charge is 2.27. The number of anilines is 3. The lowest BCUT2D eigenvalue weighted by molar-refractivity contribution is 0.0949. The van der Waals surface area contributed by atoms with E-state index in [4.69, 9.17) is 11.6 Å². The summed E-state index contributed by atoms with van der Waals surface area (Å²) in [6, 6.07) is 28.7. The van der Waals surface area contributed by atoms with Crippen molar-refractivity contribution < 1.29 is 21.6 Å². The molecule has 4 aromatic carbocycles. The Balaban J connectivity index is 1.05. The molecule has 2 aliphatic rings. The third kappa shape index (κ3) is 9.79. The summed E-state index contributed by atoms with van der Waals surface area (Å²) >= 11 is 6.31. The van der Waals surface area contributed by atoms with Crippen LogP contribution in [0.4, 0.5) is 17.1 Å². The van der Waals surface area contributed by atoms with Crippen LogP contribution in [0.1, 0.15) is 22.5 Å². The largest absolute Gasteiger partial charge is 0.368 e. The number of hydrogen-bond acceptors (Lipinski definition) is 9. The van der Waals surface area contributed by atoms with Crippen molar-refractivity contribution in [2.45, 2.75) is 23.1 Å². The zero-order chi connectivity index (χ0) is 41.9. The van der Waals surface area contributed by atoms with Crippen LogP contribution >= 0.6 is 11.6 Å². The number of nitrogens with one attached hydrogen (secondary N) is 2. The minimum Gasteiger partial charge on any atom is -0.368 e. The van der Waals surface area contributed by atoms with Gasteiger partial charge in [0.05, 0.1) is 21.0 Å². The molecule has 7 rings (SSSR count). The summed E-state index contributed by atoms with van der Waals surface area (Å²) in [6.07, 6.45) is 1.93. The first-order chi connectivity index (χ1) is 28.2. The van der Waals surface area contributed by atoms with Crippen LogP contribution in [-0.4, -0.2) is 116 Å². The maximum atomic E-state index is 14.1. The Kier molecular flexibility index (Phi) is 12.7. The summed E-state index contributed by atoms with van der Waals surface area (Å²) < 4.78 is 54.8. The van der Waals surface area contributed by atoms with Crippen LogP contribution in [0.15, 0.2) is 107 Å². The van der Waals surface area contributed by atoms with Gasteiger partial charge in [0.2, 0.25) is 0 Å². The van der Waals surface area contributed by atoms with Crippen molar-refractivity contribution in [2.75, 3.05) is 93.3 Å². The Hall–Kier alpha value is -4.86. The molecule has 59 heavy (non-hydrogen) atoms. The Morgan fingerprint density at radius 3 is 2.00 bits per heavy atom. The molecular formula is C44H52ClN7O5S2. The fraction of sp³-hybridized carbons (Fsp3) is 0.341. The molecule has 0 unspecified atom stereocenters. The number of likely N-dealkylation sites (N-methyl/N-ethyl adjacent to an activating group) is 1. The normalized spacial score (nSPS) is 15.7. The third-order valence-electron chi connectivity index (χ3n) is 11.4. The quantitative estimate of drug-likeness (QED) is 0.133. The molecule has 0 radical (unpaired) electrons. The fourth-order valence-corrected chi connectivity index (χ4v) is 9.85. The van der Waals surface area contributed by atoms with E-state index in [1.165, 1.54) is 18.2 Å². The molecule has 2 fully saturated rings. The average molecular weight is 859 g/mol. The minimum absolute atomic E-state index is 0.0606. The maximum Gasteiger partial charge on any atom is 0.261 e. The number of benzene rings is 4. The predicted octanol–water partition coefficient (Wildman–Crippen LogP) is 6.22. The summed E-state index contributed by atoms with van der Waals surface area (Å²) in [4.78, 5) is 23.4. The van der Waals surface area contributed by atoms with Gasteiger partial charge in [-0.3, -0.25) is 9.52 Å². The lowest BCUT2D eigenvalue weighted by Crippen LogP contribution is -2.46. The molecule has 15 heteroatoms. The lowest BCUT2D eigenvalue weighted by Gasteiger charge is -2.37. The highest BCUT2D eigenvalue weighted by atomic mass is 35.5. The molecule has 0 saturated carbocycles. The van der Waals surface area contributed by atoms with Crippen molar-refractivity contribution in [1.82, 2.24) is 19.7 Å². The third-order valence-corrected chi connectivity index (χ3v) is 14.1. The Labute approximate surface area is 353 Å². The first kappa shape index (κ1) is 42.3. The summed E-state index contributed by atoms with van der Waals surface area (Å²) in [5, 5.41) is 3.90. The van der Waals surface area contributed by atoms with Gasteiger partial charge in [-0.05, 0) is 105 Å². The second kappa shape index (κ2) is 17.8. The van der Waals surface area contributed by atoms with E-state index in [1.807, 2.05) is 50.4 Å². The Morgan fingerprint density at radius 2 is 1.34 bits per heavy atom. The average Bonchev–Trinajstić information content (AvgIpc) is 3.49. The van der Waals surface area contributed by atoms with Crippen LogP contribution in [0, 0.1) is 6.92 Å². The van der Waals surface area contributed by atoms with E-state index in [-0.39, 0.29) is 15.7 Å². The number of sulfonamides is 1. The number of carbonyl (C=O) groups excluding carboxylic acids is 1. The number of rotatable bonds is 13. The van der Waals surface area contributed by atoms with Crippen molar-refractivity contribution in [3.63, 3.8) is 0 Å². The van der Waals surface area contributed by atoms with Crippen LogP contribution in [0.3, 0.4) is 0 Å².